The third-order valence-electron chi connectivity index (χ3n) is 4.29. The van der Waals surface area contributed by atoms with Crippen molar-refractivity contribution in [2.45, 2.75) is 37.4 Å². The van der Waals surface area contributed by atoms with Gasteiger partial charge in [0.1, 0.15) is 0 Å². The molecule has 3 heteroatoms. The maximum atomic E-state index is 10.5. The molecule has 100 valence electrons. The van der Waals surface area contributed by atoms with Gasteiger partial charge >= 0.3 is 0 Å². The first-order chi connectivity index (χ1) is 9.24. The van der Waals surface area contributed by atoms with Gasteiger partial charge in [-0.3, -0.25) is 4.98 Å². The predicted molar refractivity (Wildman–Crippen MR) is 74.9 cm³/mol. The van der Waals surface area contributed by atoms with E-state index in [-0.39, 0.29) is 5.60 Å². The van der Waals surface area contributed by atoms with E-state index < -0.39 is 6.10 Å². The summed E-state index contributed by atoms with van der Waals surface area (Å²) in [4.78, 5) is 4.40. The summed E-state index contributed by atoms with van der Waals surface area (Å²) in [5, 5.41) is 11.6. The molecule has 1 aliphatic rings. The molecule has 0 amide bonds. The van der Waals surface area contributed by atoms with Crippen molar-refractivity contribution in [3.63, 3.8) is 0 Å². The third kappa shape index (κ3) is 2.24. The highest BCUT2D eigenvalue weighted by molar-refractivity contribution is 5.81. The van der Waals surface area contributed by atoms with Gasteiger partial charge in [0.25, 0.3) is 0 Å². The topological polar surface area (TPSA) is 42.4 Å². The smallest absolute Gasteiger partial charge is 0.0838 e. The van der Waals surface area contributed by atoms with Crippen LogP contribution in [0.5, 0.6) is 0 Å². The number of pyridine rings is 1. The molecule has 3 nitrogen and oxygen atoms in total. The Morgan fingerprint density at radius 2 is 2.11 bits per heavy atom. The normalized spacial score (nSPS) is 19.1. The van der Waals surface area contributed by atoms with Crippen LogP contribution in [0.3, 0.4) is 0 Å². The molecule has 1 aliphatic carbocycles. The van der Waals surface area contributed by atoms with Gasteiger partial charge in [-0.15, -0.1) is 0 Å². The average molecular weight is 257 g/mol. The van der Waals surface area contributed by atoms with E-state index in [1.165, 1.54) is 6.42 Å². The van der Waals surface area contributed by atoms with Gasteiger partial charge in [0.2, 0.25) is 0 Å². The van der Waals surface area contributed by atoms with E-state index >= 15 is 0 Å². The Bertz CT molecular complexity index is 567. The first-order valence-corrected chi connectivity index (χ1v) is 6.81. The molecule has 2 aromatic rings. The van der Waals surface area contributed by atoms with Crippen LogP contribution >= 0.6 is 0 Å². The van der Waals surface area contributed by atoms with Gasteiger partial charge in [-0.1, -0.05) is 24.3 Å². The summed E-state index contributed by atoms with van der Waals surface area (Å²) in [5.74, 6) is 0. The summed E-state index contributed by atoms with van der Waals surface area (Å²) in [5.41, 5.74) is 1.67. The van der Waals surface area contributed by atoms with Gasteiger partial charge in [-0.05, 0) is 25.3 Å². The van der Waals surface area contributed by atoms with Crippen LogP contribution in [0.2, 0.25) is 0 Å². The fourth-order valence-electron chi connectivity index (χ4n) is 2.92. The molecule has 19 heavy (non-hydrogen) atoms. The third-order valence-corrected chi connectivity index (χ3v) is 4.29. The lowest BCUT2D eigenvalue weighted by molar-refractivity contribution is -0.0997. The standard InChI is InChI=1S/C16H19NO2/c1-19-16(8-4-9-16)11-14(18)13-7-2-5-12-6-3-10-17-15(12)13/h2-3,5-7,10,14,18H,4,8-9,11H2,1H3. The van der Waals surface area contributed by atoms with Gasteiger partial charge in [-0.2, -0.15) is 0 Å². The van der Waals surface area contributed by atoms with Crippen molar-refractivity contribution in [3.05, 3.63) is 42.1 Å². The minimum atomic E-state index is -0.515. The lowest BCUT2D eigenvalue weighted by Crippen LogP contribution is -2.40. The largest absolute Gasteiger partial charge is 0.388 e. The molecule has 0 aliphatic heterocycles. The van der Waals surface area contributed by atoms with Gasteiger partial charge in [0.05, 0.1) is 17.2 Å². The second-order valence-electron chi connectivity index (χ2n) is 5.38. The van der Waals surface area contributed by atoms with Crippen LogP contribution in [0.25, 0.3) is 10.9 Å². The number of fused-ring (bicyclic) bond motifs is 1. The average Bonchev–Trinajstić information content (AvgIpc) is 2.42. The first kappa shape index (κ1) is 12.6. The van der Waals surface area contributed by atoms with E-state index in [0.717, 1.165) is 29.3 Å². The lowest BCUT2D eigenvalue weighted by Gasteiger charge is -2.42. The van der Waals surface area contributed by atoms with Crippen molar-refractivity contribution in [1.29, 1.82) is 0 Å². The predicted octanol–water partition coefficient (Wildman–Crippen LogP) is 3.23. The molecule has 0 spiro atoms. The Morgan fingerprint density at radius 1 is 1.32 bits per heavy atom. The van der Waals surface area contributed by atoms with Crippen molar-refractivity contribution < 1.29 is 9.84 Å². The molecule has 1 aromatic heterocycles. The van der Waals surface area contributed by atoms with Crippen LogP contribution < -0.4 is 0 Å². The summed E-state index contributed by atoms with van der Waals surface area (Å²) in [6.45, 7) is 0. The highest BCUT2D eigenvalue weighted by Gasteiger charge is 2.39. The van der Waals surface area contributed by atoms with Crippen LogP contribution in [0.4, 0.5) is 0 Å². The zero-order chi connectivity index (χ0) is 13.3. The van der Waals surface area contributed by atoms with E-state index in [1.54, 1.807) is 13.3 Å². The summed E-state index contributed by atoms with van der Waals surface area (Å²) in [7, 11) is 1.74. The second kappa shape index (κ2) is 4.91. The summed E-state index contributed by atoms with van der Waals surface area (Å²) >= 11 is 0. The summed E-state index contributed by atoms with van der Waals surface area (Å²) in [6, 6.07) is 9.90. The highest BCUT2D eigenvalue weighted by Crippen LogP contribution is 2.42. The molecule has 0 saturated heterocycles. The SMILES string of the molecule is COC1(CC(O)c2cccc3cccnc23)CCC1. The molecular weight excluding hydrogens is 238 g/mol. The van der Waals surface area contributed by atoms with Crippen molar-refractivity contribution >= 4 is 10.9 Å². The zero-order valence-electron chi connectivity index (χ0n) is 11.2. The Hall–Kier alpha value is -1.45. The van der Waals surface area contributed by atoms with Crippen LogP contribution in [0.1, 0.15) is 37.4 Å². The van der Waals surface area contributed by atoms with Crippen LogP contribution in [0, 0.1) is 0 Å². The molecule has 1 unspecified atom stereocenters. The van der Waals surface area contributed by atoms with E-state index in [2.05, 4.69) is 4.98 Å². The number of aliphatic hydroxyl groups excluding tert-OH is 1. The Morgan fingerprint density at radius 3 is 2.79 bits per heavy atom. The second-order valence-corrected chi connectivity index (χ2v) is 5.38. The lowest BCUT2D eigenvalue weighted by atomic mass is 9.75. The number of nitrogens with zero attached hydrogens (tertiary/aromatic N) is 1. The summed E-state index contributed by atoms with van der Waals surface area (Å²) in [6.07, 6.45) is 5.18. The van der Waals surface area contributed by atoms with E-state index in [9.17, 15) is 5.11 Å². The maximum absolute atomic E-state index is 10.5. The number of hydrogen-bond acceptors (Lipinski definition) is 3. The minimum Gasteiger partial charge on any atom is -0.388 e. The van der Waals surface area contributed by atoms with Crippen LogP contribution in [0.15, 0.2) is 36.5 Å². The number of aromatic nitrogens is 1. The fourth-order valence-corrected chi connectivity index (χ4v) is 2.92. The highest BCUT2D eigenvalue weighted by atomic mass is 16.5. The van der Waals surface area contributed by atoms with Gasteiger partial charge in [0.15, 0.2) is 0 Å². The van der Waals surface area contributed by atoms with E-state index in [0.29, 0.717) is 6.42 Å². The maximum Gasteiger partial charge on any atom is 0.0838 e. The molecule has 1 saturated carbocycles. The minimum absolute atomic E-state index is 0.129. The van der Waals surface area contributed by atoms with Crippen molar-refractivity contribution in [2.75, 3.05) is 7.11 Å². The number of hydrogen-bond donors (Lipinski definition) is 1. The molecule has 1 heterocycles. The van der Waals surface area contributed by atoms with Crippen LogP contribution in [-0.4, -0.2) is 22.8 Å². The number of ether oxygens (including phenoxy) is 1. The fraction of sp³-hybridized carbons (Fsp3) is 0.438. The Labute approximate surface area is 113 Å². The number of rotatable bonds is 4. The Balaban J connectivity index is 1.91. The van der Waals surface area contributed by atoms with E-state index in [1.807, 2.05) is 30.3 Å². The molecular formula is C16H19NO2. The quantitative estimate of drug-likeness (QED) is 0.914. The van der Waals surface area contributed by atoms with Crippen molar-refractivity contribution in [2.24, 2.45) is 0 Å². The van der Waals surface area contributed by atoms with Gasteiger partial charge in [-0.25, -0.2) is 0 Å². The first-order valence-electron chi connectivity index (χ1n) is 6.81. The molecule has 0 radical (unpaired) electrons. The molecule has 0 bridgehead atoms. The van der Waals surface area contributed by atoms with Gasteiger partial charge in [0, 0.05) is 30.7 Å². The van der Waals surface area contributed by atoms with E-state index in [4.69, 9.17) is 4.74 Å². The summed E-state index contributed by atoms with van der Waals surface area (Å²) < 4.78 is 5.60. The number of aliphatic hydroxyl groups is 1. The van der Waals surface area contributed by atoms with Crippen LogP contribution in [-0.2, 0) is 4.74 Å². The molecule has 1 fully saturated rings. The van der Waals surface area contributed by atoms with Crippen molar-refractivity contribution in [3.8, 4) is 0 Å². The molecule has 1 atom stereocenters. The molecule has 1 aromatic carbocycles. The monoisotopic (exact) mass is 257 g/mol. The zero-order valence-corrected chi connectivity index (χ0v) is 11.2. The molecule has 1 N–H and O–H groups in total. The number of methoxy groups -OCH3 is 1. The number of para-hydroxylation sites is 1. The number of benzene rings is 1. The Kier molecular flexibility index (Phi) is 3.25. The van der Waals surface area contributed by atoms with Crippen molar-refractivity contribution in [1.82, 2.24) is 4.98 Å². The molecule has 3 rings (SSSR count). The van der Waals surface area contributed by atoms with Gasteiger partial charge < -0.3 is 9.84 Å².